The van der Waals surface area contributed by atoms with Crippen LogP contribution in [0.2, 0.25) is 0 Å². The number of carbonyl (C=O) groups excluding carboxylic acids is 1. The van der Waals surface area contributed by atoms with Crippen LogP contribution in [0.25, 0.3) is 0 Å². The fourth-order valence-electron chi connectivity index (χ4n) is 2.88. The van der Waals surface area contributed by atoms with Crippen molar-refractivity contribution in [3.05, 3.63) is 33.6 Å². The second kappa shape index (κ2) is 7.36. The van der Waals surface area contributed by atoms with Gasteiger partial charge in [-0.2, -0.15) is 0 Å². The summed E-state index contributed by atoms with van der Waals surface area (Å²) in [6, 6.07) is 1.70. The number of rotatable bonds is 5. The van der Waals surface area contributed by atoms with E-state index in [4.69, 9.17) is 5.73 Å². The zero-order valence-corrected chi connectivity index (χ0v) is 13.0. The number of nitro groups is 1. The molecular formula is C15H21FN4O3. The van der Waals surface area contributed by atoms with Gasteiger partial charge in [-0.05, 0) is 44.8 Å². The summed E-state index contributed by atoms with van der Waals surface area (Å²) in [6.45, 7) is 2.04. The molecule has 23 heavy (non-hydrogen) atoms. The molecule has 8 heteroatoms. The minimum atomic E-state index is -0.835. The summed E-state index contributed by atoms with van der Waals surface area (Å²) < 4.78 is 13.6. The molecule has 7 nitrogen and oxygen atoms in total. The SMILES string of the molecule is CNCCC1CCN(C(=O)c2cc(F)cc([N+](=O)[O-])c2N)CC1. The van der Waals surface area contributed by atoms with Crippen LogP contribution in [0.15, 0.2) is 12.1 Å². The van der Waals surface area contributed by atoms with Gasteiger partial charge in [-0.3, -0.25) is 14.9 Å². The number of piperidine rings is 1. The zero-order chi connectivity index (χ0) is 17.0. The Kier molecular flexibility index (Phi) is 5.49. The summed E-state index contributed by atoms with van der Waals surface area (Å²) in [4.78, 5) is 24.2. The number of anilines is 1. The zero-order valence-electron chi connectivity index (χ0n) is 13.0. The number of nitrogens with one attached hydrogen (secondary N) is 1. The third-order valence-electron chi connectivity index (χ3n) is 4.25. The van der Waals surface area contributed by atoms with Crippen LogP contribution in [0.4, 0.5) is 15.8 Å². The Morgan fingerprint density at radius 2 is 2.13 bits per heavy atom. The highest BCUT2D eigenvalue weighted by Gasteiger charge is 2.28. The number of carbonyl (C=O) groups is 1. The van der Waals surface area contributed by atoms with Gasteiger partial charge in [-0.25, -0.2) is 4.39 Å². The lowest BCUT2D eigenvalue weighted by atomic mass is 9.93. The monoisotopic (exact) mass is 324 g/mol. The minimum absolute atomic E-state index is 0.134. The Morgan fingerprint density at radius 1 is 1.48 bits per heavy atom. The van der Waals surface area contributed by atoms with E-state index >= 15 is 0 Å². The van der Waals surface area contributed by atoms with Gasteiger partial charge in [-0.1, -0.05) is 0 Å². The molecule has 0 atom stereocenters. The van der Waals surface area contributed by atoms with Gasteiger partial charge in [0.25, 0.3) is 11.6 Å². The molecule has 1 aliphatic heterocycles. The summed E-state index contributed by atoms with van der Waals surface area (Å²) >= 11 is 0. The van der Waals surface area contributed by atoms with Crippen LogP contribution in [0.3, 0.4) is 0 Å². The molecule has 1 fully saturated rings. The lowest BCUT2D eigenvalue weighted by Crippen LogP contribution is -2.39. The van der Waals surface area contributed by atoms with Crippen molar-refractivity contribution in [2.75, 3.05) is 32.4 Å². The van der Waals surface area contributed by atoms with Crippen LogP contribution in [0.5, 0.6) is 0 Å². The summed E-state index contributed by atoms with van der Waals surface area (Å²) in [5.41, 5.74) is 4.70. The van der Waals surface area contributed by atoms with Crippen molar-refractivity contribution < 1.29 is 14.1 Å². The molecule has 0 unspecified atom stereocenters. The average Bonchev–Trinajstić information content (AvgIpc) is 2.54. The van der Waals surface area contributed by atoms with E-state index in [1.165, 1.54) is 0 Å². The standard InChI is InChI=1S/C15H21FN4O3/c1-18-5-2-10-3-6-19(7-4-10)15(21)12-8-11(16)9-13(14(12)17)20(22)23/h8-10,18H,2-7,17H2,1H3. The van der Waals surface area contributed by atoms with Gasteiger partial charge in [0.2, 0.25) is 0 Å². The van der Waals surface area contributed by atoms with Gasteiger partial charge < -0.3 is 16.0 Å². The molecule has 3 N–H and O–H groups in total. The lowest BCUT2D eigenvalue weighted by molar-refractivity contribution is -0.384. The summed E-state index contributed by atoms with van der Waals surface area (Å²) in [5.74, 6) is -0.735. The predicted octanol–water partition coefficient (Wildman–Crippen LogP) is 1.78. The highest BCUT2D eigenvalue weighted by atomic mass is 19.1. The largest absolute Gasteiger partial charge is 0.393 e. The topological polar surface area (TPSA) is 102 Å². The Hall–Kier alpha value is -2.22. The molecule has 1 aliphatic rings. The Labute approximate surface area is 133 Å². The second-order valence-corrected chi connectivity index (χ2v) is 5.77. The van der Waals surface area contributed by atoms with Crippen LogP contribution in [-0.2, 0) is 0 Å². The van der Waals surface area contributed by atoms with Crippen LogP contribution in [0.1, 0.15) is 29.6 Å². The smallest absolute Gasteiger partial charge is 0.295 e. The van der Waals surface area contributed by atoms with Crippen LogP contribution >= 0.6 is 0 Å². The molecule has 0 spiro atoms. The third-order valence-corrected chi connectivity index (χ3v) is 4.25. The number of hydrogen-bond donors (Lipinski definition) is 2. The maximum atomic E-state index is 13.6. The Balaban J connectivity index is 2.11. The van der Waals surface area contributed by atoms with Crippen LogP contribution < -0.4 is 11.1 Å². The number of nitro benzene ring substituents is 1. The number of benzene rings is 1. The Morgan fingerprint density at radius 3 is 2.70 bits per heavy atom. The van der Waals surface area contributed by atoms with Gasteiger partial charge in [0.1, 0.15) is 11.5 Å². The Bertz CT molecular complexity index is 601. The molecule has 1 amide bonds. The maximum Gasteiger partial charge on any atom is 0.295 e. The van der Waals surface area contributed by atoms with Crippen molar-refractivity contribution in [1.29, 1.82) is 0 Å². The quantitative estimate of drug-likeness (QED) is 0.488. The van der Waals surface area contributed by atoms with E-state index in [1.807, 2.05) is 7.05 Å². The normalized spacial score (nSPS) is 15.7. The van der Waals surface area contributed by atoms with Gasteiger partial charge in [0.15, 0.2) is 0 Å². The van der Waals surface area contributed by atoms with E-state index in [2.05, 4.69) is 5.32 Å². The third kappa shape index (κ3) is 3.95. The van der Waals surface area contributed by atoms with Crippen LogP contribution in [-0.4, -0.2) is 42.4 Å². The first-order valence-electron chi connectivity index (χ1n) is 7.61. The molecule has 0 saturated carbocycles. The summed E-state index contributed by atoms with van der Waals surface area (Å²) in [5, 5.41) is 14.0. The van der Waals surface area contributed by atoms with Gasteiger partial charge in [-0.15, -0.1) is 0 Å². The van der Waals surface area contributed by atoms with Crippen molar-refractivity contribution >= 4 is 17.3 Å². The number of nitrogens with zero attached hydrogens (tertiary/aromatic N) is 2. The average molecular weight is 324 g/mol. The van der Waals surface area contributed by atoms with E-state index in [1.54, 1.807) is 4.90 Å². The van der Waals surface area contributed by atoms with E-state index in [0.717, 1.165) is 37.9 Å². The molecule has 1 saturated heterocycles. The second-order valence-electron chi connectivity index (χ2n) is 5.77. The molecular weight excluding hydrogens is 303 g/mol. The molecule has 0 aromatic heterocycles. The molecule has 1 aromatic rings. The fraction of sp³-hybridized carbons (Fsp3) is 0.533. The number of hydrogen-bond acceptors (Lipinski definition) is 5. The number of amides is 1. The van der Waals surface area contributed by atoms with E-state index in [0.29, 0.717) is 19.0 Å². The highest BCUT2D eigenvalue weighted by Crippen LogP contribution is 2.29. The first-order valence-corrected chi connectivity index (χ1v) is 7.61. The van der Waals surface area contributed by atoms with Crippen molar-refractivity contribution in [1.82, 2.24) is 10.2 Å². The number of likely N-dealkylation sites (tertiary alicyclic amines) is 1. The molecule has 0 aliphatic carbocycles. The predicted molar refractivity (Wildman–Crippen MR) is 84.6 cm³/mol. The number of nitrogen functional groups attached to an aromatic ring is 1. The molecule has 0 radical (unpaired) electrons. The highest BCUT2D eigenvalue weighted by molar-refractivity contribution is 6.01. The summed E-state index contributed by atoms with van der Waals surface area (Å²) in [7, 11) is 1.90. The molecule has 0 bridgehead atoms. The number of halogens is 1. The van der Waals surface area contributed by atoms with E-state index in [-0.39, 0.29) is 11.3 Å². The first kappa shape index (κ1) is 17.1. The van der Waals surface area contributed by atoms with Gasteiger partial charge >= 0.3 is 0 Å². The van der Waals surface area contributed by atoms with Crippen molar-refractivity contribution in [2.45, 2.75) is 19.3 Å². The van der Waals surface area contributed by atoms with Gasteiger partial charge in [0.05, 0.1) is 16.6 Å². The first-order chi connectivity index (χ1) is 10.9. The van der Waals surface area contributed by atoms with Gasteiger partial charge in [0, 0.05) is 13.1 Å². The molecule has 1 heterocycles. The van der Waals surface area contributed by atoms with E-state index < -0.39 is 22.3 Å². The number of nitrogens with two attached hydrogens (primary N) is 1. The molecule has 126 valence electrons. The summed E-state index contributed by atoms with van der Waals surface area (Å²) in [6.07, 6.45) is 2.78. The molecule has 2 rings (SSSR count). The van der Waals surface area contributed by atoms with E-state index in [9.17, 15) is 19.3 Å². The minimum Gasteiger partial charge on any atom is -0.393 e. The molecule has 1 aromatic carbocycles. The van der Waals surface area contributed by atoms with Crippen molar-refractivity contribution in [3.63, 3.8) is 0 Å². The van der Waals surface area contributed by atoms with Crippen molar-refractivity contribution in [2.24, 2.45) is 5.92 Å². The lowest BCUT2D eigenvalue weighted by Gasteiger charge is -2.32. The maximum absolute atomic E-state index is 13.6. The fourth-order valence-corrected chi connectivity index (χ4v) is 2.88. The van der Waals surface area contributed by atoms with Crippen molar-refractivity contribution in [3.8, 4) is 0 Å². The van der Waals surface area contributed by atoms with Crippen LogP contribution in [0, 0.1) is 21.8 Å².